The Labute approximate surface area is 49.1 Å². The maximum absolute atomic E-state index is 9.08. The lowest BCUT2D eigenvalue weighted by molar-refractivity contribution is 0.123. The largest absolute Gasteiger partial charge is 0.393 e. The molecule has 0 aromatic carbocycles. The predicted molar refractivity (Wildman–Crippen MR) is 30.6 cm³/mol. The van der Waals surface area contributed by atoms with Crippen LogP contribution in [0.4, 0.5) is 0 Å². The summed E-state index contributed by atoms with van der Waals surface area (Å²) in [5.41, 5.74) is 0. The summed E-state index contributed by atoms with van der Waals surface area (Å²) in [4.78, 5) is 2.41. The third-order valence-electron chi connectivity index (χ3n) is 2.12. The first kappa shape index (κ1) is 4.77. The molecule has 46 valence electrons. The van der Waals surface area contributed by atoms with Crippen molar-refractivity contribution in [3.05, 3.63) is 0 Å². The van der Waals surface area contributed by atoms with Crippen LogP contribution in [0.2, 0.25) is 0 Å². The molecular weight excluding hydrogens is 102 g/mol. The number of rotatable bonds is 0. The highest BCUT2D eigenvalue weighted by atomic mass is 16.3. The molecule has 2 saturated heterocycles. The van der Waals surface area contributed by atoms with Crippen molar-refractivity contribution in [2.24, 2.45) is 0 Å². The fourth-order valence-corrected chi connectivity index (χ4v) is 1.47. The van der Waals surface area contributed by atoms with Crippen LogP contribution < -0.4 is 0 Å². The zero-order chi connectivity index (χ0) is 5.56. The Morgan fingerprint density at radius 2 is 2.38 bits per heavy atom. The van der Waals surface area contributed by atoms with E-state index in [1.165, 1.54) is 6.54 Å². The molecule has 0 aliphatic carbocycles. The van der Waals surface area contributed by atoms with Crippen LogP contribution in [0.15, 0.2) is 0 Å². The number of hydrogen-bond acceptors (Lipinski definition) is 2. The van der Waals surface area contributed by atoms with E-state index >= 15 is 0 Å². The second-order valence-corrected chi connectivity index (χ2v) is 2.83. The summed E-state index contributed by atoms with van der Waals surface area (Å²) in [7, 11) is 0. The highest BCUT2D eigenvalue weighted by Gasteiger charge is 2.38. The summed E-state index contributed by atoms with van der Waals surface area (Å²) >= 11 is 0. The summed E-state index contributed by atoms with van der Waals surface area (Å²) in [5, 5.41) is 9.08. The monoisotopic (exact) mass is 113 g/mol. The van der Waals surface area contributed by atoms with E-state index < -0.39 is 0 Å². The molecule has 0 bridgehead atoms. The Balaban J connectivity index is 1.93. The number of nitrogens with zero attached hydrogens (tertiary/aromatic N) is 1. The summed E-state index contributed by atoms with van der Waals surface area (Å²) in [6.07, 6.45) is 2.04. The van der Waals surface area contributed by atoms with Gasteiger partial charge in [0, 0.05) is 19.1 Å². The smallest absolute Gasteiger partial charge is 0.0567 e. The molecule has 2 rings (SSSR count). The minimum atomic E-state index is 0.0127. The van der Waals surface area contributed by atoms with Gasteiger partial charge in [-0.15, -0.1) is 0 Å². The zero-order valence-electron chi connectivity index (χ0n) is 4.88. The Morgan fingerprint density at radius 1 is 1.50 bits per heavy atom. The van der Waals surface area contributed by atoms with Gasteiger partial charge in [0.15, 0.2) is 0 Å². The summed E-state index contributed by atoms with van der Waals surface area (Å²) < 4.78 is 0. The molecule has 8 heavy (non-hydrogen) atoms. The first-order valence-corrected chi connectivity index (χ1v) is 3.28. The van der Waals surface area contributed by atoms with E-state index in [0.717, 1.165) is 25.4 Å². The standard InChI is InChI=1S/C6H11NO/c8-6-1-2-7-4-5(7)3-6/h5-6,8H,1-4H2. The van der Waals surface area contributed by atoms with Gasteiger partial charge in [0.1, 0.15) is 0 Å². The van der Waals surface area contributed by atoms with Gasteiger partial charge in [-0.3, -0.25) is 4.90 Å². The van der Waals surface area contributed by atoms with Crippen LogP contribution in [0.25, 0.3) is 0 Å². The van der Waals surface area contributed by atoms with Crippen LogP contribution in [-0.2, 0) is 0 Å². The summed E-state index contributed by atoms with van der Waals surface area (Å²) in [6, 6.07) is 0.763. The van der Waals surface area contributed by atoms with Crippen molar-refractivity contribution in [2.45, 2.75) is 25.0 Å². The van der Waals surface area contributed by atoms with Crippen molar-refractivity contribution in [1.82, 2.24) is 4.90 Å². The Morgan fingerprint density at radius 3 is 3.00 bits per heavy atom. The van der Waals surface area contributed by atoms with Crippen LogP contribution in [0.5, 0.6) is 0 Å². The van der Waals surface area contributed by atoms with Crippen molar-refractivity contribution in [2.75, 3.05) is 13.1 Å². The molecule has 0 amide bonds. The van der Waals surface area contributed by atoms with Gasteiger partial charge in [0.2, 0.25) is 0 Å². The van der Waals surface area contributed by atoms with E-state index in [0.29, 0.717) is 0 Å². The molecule has 2 fully saturated rings. The Kier molecular flexibility index (Phi) is 0.866. The lowest BCUT2D eigenvalue weighted by atomic mass is 10.1. The van der Waals surface area contributed by atoms with Crippen LogP contribution in [0, 0.1) is 0 Å². The van der Waals surface area contributed by atoms with Gasteiger partial charge < -0.3 is 5.11 Å². The molecule has 2 aliphatic rings. The first-order valence-electron chi connectivity index (χ1n) is 3.28. The van der Waals surface area contributed by atoms with Crippen molar-refractivity contribution in [3.8, 4) is 0 Å². The predicted octanol–water partition coefficient (Wildman–Crippen LogP) is -0.175. The van der Waals surface area contributed by atoms with Crippen LogP contribution in [-0.4, -0.2) is 35.2 Å². The van der Waals surface area contributed by atoms with E-state index in [1.807, 2.05) is 0 Å². The zero-order valence-corrected chi connectivity index (χ0v) is 4.88. The van der Waals surface area contributed by atoms with Crippen molar-refractivity contribution in [1.29, 1.82) is 0 Å². The van der Waals surface area contributed by atoms with E-state index in [-0.39, 0.29) is 6.10 Å². The van der Waals surface area contributed by atoms with Gasteiger partial charge in [-0.25, -0.2) is 0 Å². The van der Waals surface area contributed by atoms with Gasteiger partial charge in [-0.1, -0.05) is 0 Å². The normalized spacial score (nSPS) is 52.9. The van der Waals surface area contributed by atoms with Gasteiger partial charge >= 0.3 is 0 Å². The van der Waals surface area contributed by atoms with Gasteiger partial charge in [0.05, 0.1) is 6.10 Å². The average Bonchev–Trinajstić information content (AvgIpc) is 2.43. The maximum atomic E-state index is 9.08. The van der Waals surface area contributed by atoms with E-state index in [1.54, 1.807) is 0 Å². The second-order valence-electron chi connectivity index (χ2n) is 2.83. The summed E-state index contributed by atoms with van der Waals surface area (Å²) in [5.74, 6) is 0. The van der Waals surface area contributed by atoms with Crippen molar-refractivity contribution in [3.63, 3.8) is 0 Å². The van der Waals surface area contributed by atoms with Gasteiger partial charge in [-0.05, 0) is 12.8 Å². The third kappa shape index (κ3) is 0.644. The van der Waals surface area contributed by atoms with E-state index in [2.05, 4.69) is 4.90 Å². The molecule has 2 heterocycles. The molecule has 0 radical (unpaired) electrons. The van der Waals surface area contributed by atoms with E-state index in [4.69, 9.17) is 5.11 Å². The first-order chi connectivity index (χ1) is 3.86. The molecule has 2 nitrogen and oxygen atoms in total. The Hall–Kier alpha value is -0.0800. The SMILES string of the molecule is OC1CCN2CC2C1. The number of aliphatic hydroxyl groups is 1. The van der Waals surface area contributed by atoms with Gasteiger partial charge in [-0.2, -0.15) is 0 Å². The molecular formula is C6H11NO. The molecule has 3 unspecified atom stereocenters. The maximum Gasteiger partial charge on any atom is 0.0567 e. The Bertz CT molecular complexity index is 105. The third-order valence-corrected chi connectivity index (χ3v) is 2.12. The fraction of sp³-hybridized carbons (Fsp3) is 1.00. The highest BCUT2D eigenvalue weighted by Crippen LogP contribution is 2.28. The minimum absolute atomic E-state index is 0.0127. The number of aliphatic hydroxyl groups excluding tert-OH is 1. The molecule has 2 aliphatic heterocycles. The lowest BCUT2D eigenvalue weighted by Gasteiger charge is -2.15. The summed E-state index contributed by atoms with van der Waals surface area (Å²) in [6.45, 7) is 2.38. The van der Waals surface area contributed by atoms with E-state index in [9.17, 15) is 0 Å². The van der Waals surface area contributed by atoms with Gasteiger partial charge in [0.25, 0.3) is 0 Å². The lowest BCUT2D eigenvalue weighted by Crippen LogP contribution is -2.22. The molecule has 0 spiro atoms. The molecule has 1 N–H and O–H groups in total. The van der Waals surface area contributed by atoms with Crippen molar-refractivity contribution < 1.29 is 5.11 Å². The topological polar surface area (TPSA) is 23.2 Å². The van der Waals surface area contributed by atoms with Crippen molar-refractivity contribution >= 4 is 0 Å². The molecule has 2 heteroatoms. The molecule has 3 atom stereocenters. The second kappa shape index (κ2) is 1.45. The quantitative estimate of drug-likeness (QED) is 0.441. The number of fused-ring (bicyclic) bond motifs is 1. The number of hydrogen-bond donors (Lipinski definition) is 1. The molecule has 0 aromatic heterocycles. The van der Waals surface area contributed by atoms with Crippen LogP contribution >= 0.6 is 0 Å². The molecule has 0 saturated carbocycles. The van der Waals surface area contributed by atoms with Crippen LogP contribution in [0.3, 0.4) is 0 Å². The number of piperidine rings is 1. The highest BCUT2D eigenvalue weighted by molar-refractivity contribution is 4.94. The van der Waals surface area contributed by atoms with Crippen LogP contribution in [0.1, 0.15) is 12.8 Å². The average molecular weight is 113 g/mol. The fourth-order valence-electron chi connectivity index (χ4n) is 1.47. The molecule has 0 aromatic rings. The minimum Gasteiger partial charge on any atom is -0.393 e.